The van der Waals surface area contributed by atoms with Crippen molar-refractivity contribution in [2.45, 2.75) is 219 Å². The summed E-state index contributed by atoms with van der Waals surface area (Å²) in [7, 11) is 0.695. The zero-order chi connectivity index (χ0) is 27.6. The van der Waals surface area contributed by atoms with E-state index in [1.54, 1.807) is 0 Å². The van der Waals surface area contributed by atoms with E-state index in [-0.39, 0.29) is 12.4 Å². The minimum Gasteiger partial charge on any atom is -1.00 e. The summed E-state index contributed by atoms with van der Waals surface area (Å²) in [6.07, 6.45) is 49.9. The molecule has 0 unspecified atom stereocenters. The van der Waals surface area contributed by atoms with Crippen molar-refractivity contribution >= 4 is 10.9 Å². The number of rotatable bonds is 34. The van der Waals surface area contributed by atoms with Gasteiger partial charge in [0.05, 0.1) is 6.26 Å². The summed E-state index contributed by atoms with van der Waals surface area (Å²) in [5.74, 6) is 3.02. The van der Waals surface area contributed by atoms with Gasteiger partial charge in [-0.1, -0.05) is 194 Å². The minimum atomic E-state index is 0. The lowest BCUT2D eigenvalue weighted by Crippen LogP contribution is -3.00. The van der Waals surface area contributed by atoms with E-state index in [0.717, 1.165) is 0 Å². The molecule has 0 N–H and O–H groups in total. The fraction of sp³-hybridized carbons (Fsp3) is 1.00. The smallest absolute Gasteiger partial charge is 0.107 e. The molecule has 0 aromatic rings. The van der Waals surface area contributed by atoms with E-state index < -0.39 is 0 Å². The molecule has 238 valence electrons. The molecular formula is C37H77ClS. The van der Waals surface area contributed by atoms with Crippen LogP contribution in [0.15, 0.2) is 0 Å². The zero-order valence-electron chi connectivity index (χ0n) is 27.8. The Morgan fingerprint density at radius 3 is 0.590 bits per heavy atom. The lowest BCUT2D eigenvalue weighted by molar-refractivity contribution is -0.00000854. The largest absolute Gasteiger partial charge is 1.00 e. The Kier molecular flexibility index (Phi) is 41.4. The topological polar surface area (TPSA) is 0 Å². The maximum atomic E-state index is 2.54. The molecule has 0 heterocycles. The Morgan fingerprint density at radius 2 is 0.410 bits per heavy atom. The molecular weight excluding hydrogens is 512 g/mol. The Hall–Kier alpha value is 0.640. The van der Waals surface area contributed by atoms with Crippen LogP contribution in [-0.2, 0) is 10.9 Å². The van der Waals surface area contributed by atoms with Crippen molar-refractivity contribution in [3.05, 3.63) is 0 Å². The summed E-state index contributed by atoms with van der Waals surface area (Å²) in [5, 5.41) is 0. The van der Waals surface area contributed by atoms with Crippen LogP contribution in [0.3, 0.4) is 0 Å². The summed E-state index contributed by atoms with van der Waals surface area (Å²) < 4.78 is 0. The molecule has 0 aromatic heterocycles. The first-order valence-electron chi connectivity index (χ1n) is 18.4. The fourth-order valence-corrected chi connectivity index (χ4v) is 7.49. The lowest BCUT2D eigenvalue weighted by Gasteiger charge is -2.05. The molecule has 0 amide bonds. The van der Waals surface area contributed by atoms with Crippen molar-refractivity contribution in [1.82, 2.24) is 0 Å². The van der Waals surface area contributed by atoms with E-state index in [2.05, 4.69) is 20.1 Å². The van der Waals surface area contributed by atoms with Gasteiger partial charge in [-0.05, 0) is 36.6 Å². The van der Waals surface area contributed by atoms with Crippen LogP contribution < -0.4 is 12.4 Å². The molecule has 0 aromatic carbocycles. The first-order valence-corrected chi connectivity index (χ1v) is 20.4. The van der Waals surface area contributed by atoms with E-state index in [1.165, 1.54) is 217 Å². The summed E-state index contributed by atoms with van der Waals surface area (Å²) in [5.41, 5.74) is 0. The van der Waals surface area contributed by atoms with Crippen LogP contribution in [0, 0.1) is 0 Å². The van der Waals surface area contributed by atoms with Crippen molar-refractivity contribution in [2.75, 3.05) is 17.8 Å². The van der Waals surface area contributed by atoms with Crippen LogP contribution in [0.4, 0.5) is 0 Å². The van der Waals surface area contributed by atoms with Gasteiger partial charge >= 0.3 is 0 Å². The number of halogens is 1. The molecule has 0 aliphatic carbocycles. The molecule has 0 spiro atoms. The third kappa shape index (κ3) is 38.6. The molecule has 0 rings (SSSR count). The molecule has 0 atom stereocenters. The normalized spacial score (nSPS) is 11.4. The van der Waals surface area contributed by atoms with E-state index in [9.17, 15) is 0 Å². The average Bonchev–Trinajstić information content (AvgIpc) is 2.92. The molecule has 0 aliphatic heterocycles. The average molecular weight is 590 g/mol. The van der Waals surface area contributed by atoms with Gasteiger partial charge in [0.2, 0.25) is 0 Å². The minimum absolute atomic E-state index is 0. The standard InChI is InChI=1S/C37H77S.ClH/c1-4-6-8-10-12-14-16-18-20-22-24-26-28-30-32-34-36-38(3)37-35-33-31-29-27-25-23-21-19-17-15-13-11-9-7-5-2;/h4-37H2,1-3H3;1H/q+1;/p-1. The van der Waals surface area contributed by atoms with Gasteiger partial charge in [0.1, 0.15) is 11.5 Å². The first kappa shape index (κ1) is 41.8. The Labute approximate surface area is 259 Å². The number of unbranched alkanes of at least 4 members (excludes halogenated alkanes) is 30. The highest BCUT2D eigenvalue weighted by molar-refractivity contribution is 7.96. The molecule has 0 saturated heterocycles. The summed E-state index contributed by atoms with van der Waals surface area (Å²) in [6.45, 7) is 4.62. The maximum Gasteiger partial charge on any atom is 0.107 e. The van der Waals surface area contributed by atoms with Gasteiger partial charge in [0, 0.05) is 0 Å². The monoisotopic (exact) mass is 589 g/mol. The van der Waals surface area contributed by atoms with Gasteiger partial charge < -0.3 is 12.4 Å². The zero-order valence-corrected chi connectivity index (χ0v) is 29.4. The van der Waals surface area contributed by atoms with Gasteiger partial charge in [-0.15, -0.1) is 0 Å². The molecule has 2 heteroatoms. The van der Waals surface area contributed by atoms with E-state index in [4.69, 9.17) is 0 Å². The molecule has 39 heavy (non-hydrogen) atoms. The predicted octanol–water partition coefficient (Wildman–Crippen LogP) is 10.8. The molecule has 0 nitrogen and oxygen atoms in total. The van der Waals surface area contributed by atoms with Crippen molar-refractivity contribution in [1.29, 1.82) is 0 Å². The molecule has 0 radical (unpaired) electrons. The van der Waals surface area contributed by atoms with Gasteiger partial charge in [-0.25, -0.2) is 0 Å². The van der Waals surface area contributed by atoms with Crippen LogP contribution in [0.1, 0.15) is 219 Å². The summed E-state index contributed by atoms with van der Waals surface area (Å²) in [6, 6.07) is 0. The highest BCUT2D eigenvalue weighted by Crippen LogP contribution is 2.16. The third-order valence-electron chi connectivity index (χ3n) is 8.69. The van der Waals surface area contributed by atoms with Crippen LogP contribution in [0.25, 0.3) is 0 Å². The number of hydrogen-bond donors (Lipinski definition) is 0. The fourth-order valence-electron chi connectivity index (χ4n) is 5.90. The van der Waals surface area contributed by atoms with E-state index in [0.29, 0.717) is 10.9 Å². The highest BCUT2D eigenvalue weighted by Gasteiger charge is 2.09. The Morgan fingerprint density at radius 1 is 0.256 bits per heavy atom. The first-order chi connectivity index (χ1) is 18.8. The second-order valence-electron chi connectivity index (χ2n) is 12.8. The number of hydrogen-bond acceptors (Lipinski definition) is 0. The van der Waals surface area contributed by atoms with E-state index >= 15 is 0 Å². The molecule has 0 bridgehead atoms. The van der Waals surface area contributed by atoms with Crippen LogP contribution in [0.2, 0.25) is 0 Å². The van der Waals surface area contributed by atoms with Crippen molar-refractivity contribution in [3.63, 3.8) is 0 Å². The maximum absolute atomic E-state index is 2.54. The Balaban J connectivity index is 0. The SMILES string of the molecule is CCCCCCCCCCCCCCCCCC[S+](C)CCCCCCCCCCCCCCCCCC.[Cl-]. The molecule has 0 aliphatic rings. The second-order valence-corrected chi connectivity index (χ2v) is 15.2. The Bertz CT molecular complexity index is 363. The van der Waals surface area contributed by atoms with Gasteiger partial charge in [-0.3, -0.25) is 0 Å². The van der Waals surface area contributed by atoms with Gasteiger partial charge in [0.15, 0.2) is 0 Å². The van der Waals surface area contributed by atoms with Gasteiger partial charge in [-0.2, -0.15) is 0 Å². The highest BCUT2D eigenvalue weighted by atomic mass is 35.5. The second kappa shape index (κ2) is 38.6. The van der Waals surface area contributed by atoms with E-state index in [1.807, 2.05) is 0 Å². The quantitative estimate of drug-likeness (QED) is 0.0518. The van der Waals surface area contributed by atoms with Crippen molar-refractivity contribution in [2.24, 2.45) is 0 Å². The summed E-state index contributed by atoms with van der Waals surface area (Å²) >= 11 is 0. The van der Waals surface area contributed by atoms with Crippen molar-refractivity contribution in [3.8, 4) is 0 Å². The third-order valence-corrected chi connectivity index (χ3v) is 10.7. The lowest BCUT2D eigenvalue weighted by atomic mass is 10.0. The molecule has 0 fully saturated rings. The molecule has 0 saturated carbocycles. The predicted molar refractivity (Wildman–Crippen MR) is 182 cm³/mol. The van der Waals surface area contributed by atoms with Crippen molar-refractivity contribution < 1.29 is 12.4 Å². The van der Waals surface area contributed by atoms with Gasteiger partial charge in [0.25, 0.3) is 0 Å². The summed E-state index contributed by atoms with van der Waals surface area (Å²) in [4.78, 5) is 0. The van der Waals surface area contributed by atoms with Crippen LogP contribution in [-0.4, -0.2) is 17.8 Å². The van der Waals surface area contributed by atoms with Crippen LogP contribution >= 0.6 is 0 Å². The van der Waals surface area contributed by atoms with Crippen LogP contribution in [0.5, 0.6) is 0 Å².